The minimum atomic E-state index is -3.87. The molecule has 0 bridgehead atoms. The van der Waals surface area contributed by atoms with Gasteiger partial charge in [0.05, 0.1) is 9.79 Å². The lowest BCUT2D eigenvalue weighted by Gasteiger charge is -2.33. The van der Waals surface area contributed by atoms with Crippen molar-refractivity contribution < 1.29 is 35.2 Å². The number of para-hydroxylation sites is 2. The minimum absolute atomic E-state index is 0. The number of anilines is 2. The van der Waals surface area contributed by atoms with E-state index in [9.17, 15) is 21.6 Å². The van der Waals surface area contributed by atoms with Crippen LogP contribution in [-0.4, -0.2) is 90.2 Å². The number of amides is 1. The summed E-state index contributed by atoms with van der Waals surface area (Å²) in [7, 11) is -7.63. The van der Waals surface area contributed by atoms with E-state index < -0.39 is 19.7 Å². The van der Waals surface area contributed by atoms with Crippen LogP contribution < -0.4 is 15.1 Å². The monoisotopic (exact) mass is 992 g/mol. The zero-order valence-electron chi connectivity index (χ0n) is 36.4. The average Bonchev–Trinajstić information content (AvgIpc) is 4.02. The lowest BCUT2D eigenvalue weighted by molar-refractivity contribution is 0.0938. The number of oxazole rings is 2. The maximum Gasteiger partial charge on any atom is 0.410 e. The Balaban J connectivity index is 0.000000186. The van der Waals surface area contributed by atoms with Gasteiger partial charge in [0.2, 0.25) is 19.7 Å². The fourth-order valence-electron chi connectivity index (χ4n) is 8.37. The van der Waals surface area contributed by atoms with Crippen molar-refractivity contribution in [3.05, 3.63) is 157 Å². The Bertz CT molecular complexity index is 3460. The van der Waals surface area contributed by atoms with Crippen LogP contribution in [0.5, 0.6) is 0 Å². The summed E-state index contributed by atoms with van der Waals surface area (Å²) in [6, 6.07) is 45.8. The van der Waals surface area contributed by atoms with Gasteiger partial charge >= 0.3 is 6.09 Å². The molecule has 2 aliphatic heterocycles. The summed E-state index contributed by atoms with van der Waals surface area (Å²) < 4.78 is 72.0. The molecule has 0 atom stereocenters. The van der Waals surface area contributed by atoms with Gasteiger partial charge in [-0.1, -0.05) is 115 Å². The third-order valence-electron chi connectivity index (χ3n) is 11.8. The van der Waals surface area contributed by atoms with Crippen LogP contribution in [0.3, 0.4) is 0 Å². The third-order valence-corrected chi connectivity index (χ3v) is 15.5. The topological polar surface area (TPSA) is 168 Å². The van der Waals surface area contributed by atoms with Gasteiger partial charge < -0.3 is 33.6 Å². The van der Waals surface area contributed by atoms with Crippen molar-refractivity contribution in [2.45, 2.75) is 26.2 Å². The molecule has 7 aromatic carbocycles. The first-order valence-electron chi connectivity index (χ1n) is 21.6. The van der Waals surface area contributed by atoms with E-state index in [1.807, 2.05) is 94.7 Å². The van der Waals surface area contributed by atoms with Gasteiger partial charge in [-0.3, -0.25) is 0 Å². The first kappa shape index (κ1) is 47.8. The van der Waals surface area contributed by atoms with E-state index >= 15 is 0 Å². The Morgan fingerprint density at radius 2 is 0.941 bits per heavy atom. The van der Waals surface area contributed by atoms with E-state index in [4.69, 9.17) is 13.6 Å². The largest absolute Gasteiger partial charge is 0.445 e. The zero-order chi connectivity index (χ0) is 45.3. The molecular formula is C50H46Cl2N6O8S2. The highest BCUT2D eigenvalue weighted by molar-refractivity contribution is 7.92. The van der Waals surface area contributed by atoms with Gasteiger partial charge in [0.25, 0.3) is 12.0 Å². The lowest BCUT2D eigenvalue weighted by Crippen LogP contribution is -2.49. The number of benzene rings is 7. The number of piperazine rings is 2. The molecule has 18 heteroatoms. The minimum Gasteiger partial charge on any atom is -0.445 e. The van der Waals surface area contributed by atoms with E-state index in [1.165, 1.54) is 0 Å². The summed E-state index contributed by atoms with van der Waals surface area (Å²) in [6.45, 7) is 5.31. The molecular weight excluding hydrogens is 948 g/mol. The van der Waals surface area contributed by atoms with E-state index in [1.54, 1.807) is 71.6 Å². The number of carbonyl (C=O) groups is 1. The summed E-state index contributed by atoms with van der Waals surface area (Å²) in [5.41, 5.74) is 2.48. The van der Waals surface area contributed by atoms with Crippen molar-refractivity contribution in [1.29, 1.82) is 0 Å². The second-order valence-electron chi connectivity index (χ2n) is 15.9. The van der Waals surface area contributed by atoms with Gasteiger partial charge in [0.15, 0.2) is 11.2 Å². The molecule has 0 aliphatic carbocycles. The summed E-state index contributed by atoms with van der Waals surface area (Å²) in [5.74, 6) is 0. The maximum atomic E-state index is 13.8. The number of rotatable bonds is 8. The normalized spacial score (nSPS) is 14.3. The van der Waals surface area contributed by atoms with E-state index in [0.717, 1.165) is 42.5 Å². The average molecular weight is 994 g/mol. The van der Waals surface area contributed by atoms with Crippen LogP contribution in [0.25, 0.3) is 43.7 Å². The van der Waals surface area contributed by atoms with Gasteiger partial charge in [-0.15, -0.1) is 24.8 Å². The molecule has 11 rings (SSSR count). The highest BCUT2D eigenvalue weighted by Crippen LogP contribution is 2.36. The molecule has 0 saturated carbocycles. The number of hydrogen-bond donors (Lipinski definition) is 1. The quantitative estimate of drug-likeness (QED) is 0.153. The van der Waals surface area contributed by atoms with Crippen LogP contribution in [-0.2, 0) is 31.0 Å². The molecule has 0 unspecified atom stereocenters. The highest BCUT2D eigenvalue weighted by Gasteiger charge is 2.30. The number of fused-ring (bicyclic) bond motifs is 4. The van der Waals surface area contributed by atoms with Gasteiger partial charge in [-0.2, -0.15) is 9.97 Å². The molecule has 2 fully saturated rings. The number of hydrogen-bond acceptors (Lipinski definition) is 13. The fraction of sp³-hybridized carbons (Fsp3) is 0.180. The highest BCUT2D eigenvalue weighted by atomic mass is 35.5. The smallest absolute Gasteiger partial charge is 0.410 e. The third kappa shape index (κ3) is 9.42. The summed E-state index contributed by atoms with van der Waals surface area (Å²) in [6.07, 6.45) is -0.366. The zero-order valence-corrected chi connectivity index (χ0v) is 39.7. The van der Waals surface area contributed by atoms with Crippen molar-refractivity contribution in [2.75, 3.05) is 62.2 Å². The molecule has 4 heterocycles. The second kappa shape index (κ2) is 20.3. The van der Waals surface area contributed by atoms with Crippen molar-refractivity contribution >= 4 is 106 Å². The molecule has 14 nitrogen and oxygen atoms in total. The summed E-state index contributed by atoms with van der Waals surface area (Å²) in [5, 5.41) is 6.38. The van der Waals surface area contributed by atoms with Gasteiger partial charge in [-0.05, 0) is 52.7 Å². The molecule has 1 N–H and O–H groups in total. The Morgan fingerprint density at radius 1 is 0.515 bits per heavy atom. The Labute approximate surface area is 405 Å². The molecule has 350 valence electrons. The Hall–Kier alpha value is -6.69. The first-order valence-corrected chi connectivity index (χ1v) is 24.5. The number of nitrogens with zero attached hydrogens (tertiary/aromatic N) is 5. The molecule has 2 aromatic heterocycles. The van der Waals surface area contributed by atoms with Crippen molar-refractivity contribution in [2.24, 2.45) is 0 Å². The van der Waals surface area contributed by atoms with Crippen LogP contribution in [0.2, 0.25) is 0 Å². The summed E-state index contributed by atoms with van der Waals surface area (Å²) in [4.78, 5) is 28.1. The Morgan fingerprint density at radius 3 is 1.46 bits per heavy atom. The number of ether oxygens (including phenoxy) is 1. The number of aromatic nitrogens is 2. The van der Waals surface area contributed by atoms with E-state index in [0.29, 0.717) is 71.2 Å². The van der Waals surface area contributed by atoms with Crippen LogP contribution in [0, 0.1) is 0 Å². The van der Waals surface area contributed by atoms with Crippen molar-refractivity contribution in [1.82, 2.24) is 20.2 Å². The van der Waals surface area contributed by atoms with Crippen molar-refractivity contribution in [3.8, 4) is 0 Å². The SMILES string of the molecule is Cl.Cl.O=C(OCc1ccccc1)N1CCN(c2nc3c(S(=O)(=O)c4cccc5ccccc45)cccc3o2)CC1.O=S(=O)(c1cccc2ccccc12)c1cccc2oc(N3CCNCC3)nc12. The number of nitrogens with one attached hydrogen (secondary N) is 1. The standard InChI is InChI=1S/C29H25N3O5S.C21H19N3O3S.2ClH/c33-29(36-20-21-8-2-1-3-9-21)32-18-16-31(17-19-32)28-30-27-24(37-28)13-7-15-26(27)38(34,35)25-14-6-11-22-10-4-5-12-23(22)25;25-28(26,18-9-3-6-15-5-1-2-7-16(15)18)19-10-4-8-17-20(19)23-21(27-17)24-13-11-22-12-14-24;;/h1-15H,16-20H2;1-10,22H,11-14H2;2*1H. The lowest BCUT2D eigenvalue weighted by atomic mass is 10.1. The predicted octanol–water partition coefficient (Wildman–Crippen LogP) is 9.34. The van der Waals surface area contributed by atoms with Crippen LogP contribution in [0.1, 0.15) is 5.56 Å². The van der Waals surface area contributed by atoms with Gasteiger partial charge in [-0.25, -0.2) is 21.6 Å². The van der Waals surface area contributed by atoms with E-state index in [2.05, 4.69) is 15.3 Å². The van der Waals surface area contributed by atoms with Crippen LogP contribution >= 0.6 is 24.8 Å². The molecule has 0 spiro atoms. The van der Waals surface area contributed by atoms with Crippen LogP contribution in [0.15, 0.2) is 180 Å². The van der Waals surface area contributed by atoms with Gasteiger partial charge in [0.1, 0.15) is 27.4 Å². The molecule has 9 aromatic rings. The predicted molar refractivity (Wildman–Crippen MR) is 267 cm³/mol. The second-order valence-corrected chi connectivity index (χ2v) is 19.7. The molecule has 0 radical (unpaired) electrons. The Kier molecular flexibility index (Phi) is 14.2. The van der Waals surface area contributed by atoms with Crippen molar-refractivity contribution in [3.63, 3.8) is 0 Å². The maximum absolute atomic E-state index is 13.8. The van der Waals surface area contributed by atoms with Crippen LogP contribution in [0.4, 0.5) is 16.8 Å². The van der Waals surface area contributed by atoms with Gasteiger partial charge in [0, 0.05) is 63.1 Å². The number of carbonyl (C=O) groups excluding carboxylic acids is 1. The molecule has 2 aliphatic rings. The first-order chi connectivity index (χ1) is 32.1. The molecule has 68 heavy (non-hydrogen) atoms. The number of sulfone groups is 2. The molecule has 2 saturated heterocycles. The van der Waals surface area contributed by atoms with E-state index in [-0.39, 0.29) is 57.1 Å². The number of halogens is 2. The molecule has 1 amide bonds. The summed E-state index contributed by atoms with van der Waals surface area (Å²) >= 11 is 0. The fourth-order valence-corrected chi connectivity index (χ4v) is 11.6.